The molecule has 1 aliphatic heterocycles. The van der Waals surface area contributed by atoms with Crippen LogP contribution in [0.1, 0.15) is 13.3 Å². The van der Waals surface area contributed by atoms with E-state index in [1.165, 1.54) is 0 Å². The molecule has 0 saturated carbocycles. The Bertz CT molecular complexity index is 329. The van der Waals surface area contributed by atoms with Gasteiger partial charge in [0.1, 0.15) is 0 Å². The number of hydrogen-bond donors (Lipinski definition) is 2. The van der Waals surface area contributed by atoms with Crippen molar-refractivity contribution in [1.82, 2.24) is 0 Å². The second kappa shape index (κ2) is 3.13. The fraction of sp³-hybridized carbons (Fsp3) is 0.500. The number of rotatable bonds is 0. The van der Waals surface area contributed by atoms with Gasteiger partial charge in [-0.3, -0.25) is 0 Å². The number of allylic oxidation sites excluding steroid dienone is 1. The number of aliphatic hydroxyl groups excluding tert-OH is 2. The molecule has 2 aliphatic rings. The van der Waals surface area contributed by atoms with Gasteiger partial charge in [-0.15, -0.1) is 0 Å². The van der Waals surface area contributed by atoms with Crippen LogP contribution in [0.5, 0.6) is 0 Å². The molecule has 76 valence electrons. The van der Waals surface area contributed by atoms with Crippen LogP contribution in [-0.4, -0.2) is 22.5 Å². The third kappa shape index (κ3) is 1.14. The molecular formula is C10H12O4. The number of carbonyl (C=O) groups excluding carboxylic acids is 1. The van der Waals surface area contributed by atoms with Crippen molar-refractivity contribution in [3.63, 3.8) is 0 Å². The summed E-state index contributed by atoms with van der Waals surface area (Å²) in [5.74, 6) is -0.938. The Labute approximate surface area is 81.5 Å². The van der Waals surface area contributed by atoms with Crippen molar-refractivity contribution in [2.45, 2.75) is 19.6 Å². The maximum absolute atomic E-state index is 11.3. The molecule has 1 aliphatic carbocycles. The fourth-order valence-electron chi connectivity index (χ4n) is 2.21. The lowest BCUT2D eigenvalue weighted by molar-refractivity contribution is -0.181. The molecule has 3 unspecified atom stereocenters. The predicted molar refractivity (Wildman–Crippen MR) is 48.2 cm³/mol. The molecule has 2 rings (SSSR count). The number of ether oxygens (including phenoxy) is 1. The molecule has 4 heteroatoms. The van der Waals surface area contributed by atoms with Crippen LogP contribution in [0.4, 0.5) is 0 Å². The van der Waals surface area contributed by atoms with Crippen LogP contribution in [0.2, 0.25) is 0 Å². The Balaban J connectivity index is 2.34. The van der Waals surface area contributed by atoms with Crippen LogP contribution in [-0.2, 0) is 9.53 Å². The van der Waals surface area contributed by atoms with Crippen molar-refractivity contribution in [3.8, 4) is 0 Å². The normalized spacial score (nSPS) is 39.3. The van der Waals surface area contributed by atoms with Crippen LogP contribution in [0.3, 0.4) is 0 Å². The highest BCUT2D eigenvalue weighted by atomic mass is 16.6. The Hall–Kier alpha value is -1.29. The first-order valence-electron chi connectivity index (χ1n) is 4.55. The molecule has 4 nitrogen and oxygen atoms in total. The lowest BCUT2D eigenvalue weighted by Gasteiger charge is -2.32. The van der Waals surface area contributed by atoms with Gasteiger partial charge in [0, 0.05) is 11.8 Å². The lowest BCUT2D eigenvalue weighted by atomic mass is 9.83. The molecule has 1 heterocycles. The molecule has 2 N–H and O–H groups in total. The van der Waals surface area contributed by atoms with E-state index in [9.17, 15) is 9.90 Å². The fourth-order valence-corrected chi connectivity index (χ4v) is 2.21. The molecule has 0 spiro atoms. The summed E-state index contributed by atoms with van der Waals surface area (Å²) in [6.07, 6.45) is 2.35. The maximum atomic E-state index is 11.3. The molecule has 0 aromatic rings. The van der Waals surface area contributed by atoms with Crippen LogP contribution in [0.25, 0.3) is 0 Å². The predicted octanol–water partition coefficient (Wildman–Crippen LogP) is 0.886. The number of aliphatic hydroxyl groups is 2. The van der Waals surface area contributed by atoms with E-state index in [0.29, 0.717) is 6.42 Å². The molecule has 0 bridgehead atoms. The van der Waals surface area contributed by atoms with Crippen LogP contribution >= 0.6 is 0 Å². The smallest absolute Gasteiger partial charge is 0.339 e. The van der Waals surface area contributed by atoms with Gasteiger partial charge in [0.05, 0.1) is 11.8 Å². The van der Waals surface area contributed by atoms with E-state index in [4.69, 9.17) is 9.84 Å². The van der Waals surface area contributed by atoms with Gasteiger partial charge >= 0.3 is 5.97 Å². The van der Waals surface area contributed by atoms with E-state index in [1.807, 2.05) is 13.0 Å². The van der Waals surface area contributed by atoms with E-state index in [0.717, 1.165) is 11.8 Å². The van der Waals surface area contributed by atoms with E-state index < -0.39 is 12.3 Å². The van der Waals surface area contributed by atoms with Crippen LogP contribution < -0.4 is 0 Å². The summed E-state index contributed by atoms with van der Waals surface area (Å²) in [6, 6.07) is 0. The van der Waals surface area contributed by atoms with Crippen LogP contribution in [0.15, 0.2) is 23.5 Å². The number of carbonyl (C=O) groups is 1. The average Bonchev–Trinajstić information content (AvgIpc) is 2.49. The topological polar surface area (TPSA) is 66.8 Å². The lowest BCUT2D eigenvalue weighted by Crippen LogP contribution is -2.39. The minimum absolute atomic E-state index is 0.128. The average molecular weight is 196 g/mol. The highest BCUT2D eigenvalue weighted by molar-refractivity contribution is 5.90. The third-order valence-electron chi connectivity index (χ3n) is 2.96. The van der Waals surface area contributed by atoms with Crippen molar-refractivity contribution in [1.29, 1.82) is 0 Å². The van der Waals surface area contributed by atoms with Crippen molar-refractivity contribution in [2.75, 3.05) is 0 Å². The van der Waals surface area contributed by atoms with Gasteiger partial charge in [0.2, 0.25) is 6.29 Å². The van der Waals surface area contributed by atoms with Gasteiger partial charge in [0.15, 0.2) is 0 Å². The zero-order valence-electron chi connectivity index (χ0n) is 7.80. The molecule has 0 radical (unpaired) electrons. The Morgan fingerprint density at radius 2 is 2.36 bits per heavy atom. The highest BCUT2D eigenvalue weighted by Gasteiger charge is 2.44. The highest BCUT2D eigenvalue weighted by Crippen LogP contribution is 2.42. The van der Waals surface area contributed by atoms with Gasteiger partial charge in [-0.05, 0) is 13.3 Å². The first-order valence-corrected chi connectivity index (χ1v) is 4.55. The van der Waals surface area contributed by atoms with Gasteiger partial charge in [-0.25, -0.2) is 4.79 Å². The molecule has 0 amide bonds. The Morgan fingerprint density at radius 1 is 1.64 bits per heavy atom. The zero-order chi connectivity index (χ0) is 10.3. The summed E-state index contributed by atoms with van der Waals surface area (Å²) < 4.78 is 4.72. The van der Waals surface area contributed by atoms with Gasteiger partial charge in [0.25, 0.3) is 0 Å². The molecule has 1 fully saturated rings. The summed E-state index contributed by atoms with van der Waals surface area (Å²) in [7, 11) is 0. The Kier molecular flexibility index (Phi) is 2.07. The summed E-state index contributed by atoms with van der Waals surface area (Å²) in [5.41, 5.74) is 1.27. The molecule has 0 aromatic carbocycles. The zero-order valence-corrected chi connectivity index (χ0v) is 7.80. The summed E-state index contributed by atoms with van der Waals surface area (Å²) in [5, 5.41) is 18.5. The quantitative estimate of drug-likeness (QED) is 0.261. The molecule has 1 saturated heterocycles. The van der Waals surface area contributed by atoms with E-state index >= 15 is 0 Å². The van der Waals surface area contributed by atoms with E-state index in [-0.39, 0.29) is 17.4 Å². The van der Waals surface area contributed by atoms with Crippen molar-refractivity contribution in [2.24, 2.45) is 11.8 Å². The number of hydrogen-bond acceptors (Lipinski definition) is 4. The second-order valence-electron chi connectivity index (χ2n) is 3.70. The molecular weight excluding hydrogens is 184 g/mol. The van der Waals surface area contributed by atoms with Crippen molar-refractivity contribution in [3.05, 3.63) is 23.5 Å². The molecule has 0 aromatic heterocycles. The minimum Gasteiger partial charge on any atom is -0.515 e. The summed E-state index contributed by atoms with van der Waals surface area (Å²) in [4.78, 5) is 11.3. The monoisotopic (exact) mass is 196 g/mol. The second-order valence-corrected chi connectivity index (χ2v) is 3.70. The first-order chi connectivity index (χ1) is 6.65. The van der Waals surface area contributed by atoms with Gasteiger partial charge < -0.3 is 14.9 Å². The standard InChI is InChI=1S/C10H12O4/c1-5-2-3-6-7(4-11)9(12)14-10(13)8(5)6/h2,4,6,8,10-11,13H,3H2,1H3. The minimum atomic E-state index is -1.07. The van der Waals surface area contributed by atoms with Crippen molar-refractivity contribution < 1.29 is 19.7 Å². The maximum Gasteiger partial charge on any atom is 0.339 e. The largest absolute Gasteiger partial charge is 0.515 e. The van der Waals surface area contributed by atoms with Gasteiger partial charge in [-0.1, -0.05) is 11.6 Å². The SMILES string of the molecule is CC1=CCC2C(=CO)C(=O)OC(O)C12. The van der Waals surface area contributed by atoms with Crippen LogP contribution in [0, 0.1) is 11.8 Å². The summed E-state index contributed by atoms with van der Waals surface area (Å²) in [6.45, 7) is 1.89. The molecule has 14 heavy (non-hydrogen) atoms. The number of fused-ring (bicyclic) bond motifs is 1. The summed E-state index contributed by atoms with van der Waals surface area (Å²) >= 11 is 0. The Morgan fingerprint density at radius 3 is 3.00 bits per heavy atom. The number of cyclic esters (lactones) is 1. The van der Waals surface area contributed by atoms with E-state index in [2.05, 4.69) is 0 Å². The van der Waals surface area contributed by atoms with Crippen molar-refractivity contribution >= 4 is 5.97 Å². The first kappa shape index (κ1) is 9.27. The number of esters is 1. The molecule has 3 atom stereocenters. The third-order valence-corrected chi connectivity index (χ3v) is 2.96. The van der Waals surface area contributed by atoms with Gasteiger partial charge in [-0.2, -0.15) is 0 Å². The van der Waals surface area contributed by atoms with E-state index in [1.54, 1.807) is 0 Å².